The van der Waals surface area contributed by atoms with Gasteiger partial charge in [-0.2, -0.15) is 0 Å². The van der Waals surface area contributed by atoms with Crippen molar-refractivity contribution in [3.05, 3.63) is 33.8 Å². The fourth-order valence-electron chi connectivity index (χ4n) is 3.18. The zero-order chi connectivity index (χ0) is 12.4. The van der Waals surface area contributed by atoms with E-state index in [-0.39, 0.29) is 0 Å². The molecule has 0 bridgehead atoms. The van der Waals surface area contributed by atoms with Crippen LogP contribution in [0.5, 0.6) is 0 Å². The van der Waals surface area contributed by atoms with Crippen molar-refractivity contribution < 1.29 is 4.74 Å². The number of hydrogen-bond acceptors (Lipinski definition) is 2. The number of nitrogens with one attached hydrogen (secondary N) is 1. The van der Waals surface area contributed by atoms with Crippen LogP contribution in [0, 0.1) is 0 Å². The van der Waals surface area contributed by atoms with E-state index in [0.29, 0.717) is 12.0 Å². The smallest absolute Gasteiger partial charge is 0.0471 e. The lowest BCUT2D eigenvalue weighted by atomic mass is 9.85. The van der Waals surface area contributed by atoms with Crippen molar-refractivity contribution in [3.63, 3.8) is 0 Å². The minimum atomic E-state index is 0.556. The molecule has 0 unspecified atom stereocenters. The second-order valence-electron chi connectivity index (χ2n) is 5.31. The van der Waals surface area contributed by atoms with Gasteiger partial charge in [-0.1, -0.05) is 22.0 Å². The van der Waals surface area contributed by atoms with Crippen molar-refractivity contribution in [2.24, 2.45) is 0 Å². The van der Waals surface area contributed by atoms with Crippen molar-refractivity contribution in [2.75, 3.05) is 19.8 Å². The topological polar surface area (TPSA) is 21.3 Å². The van der Waals surface area contributed by atoms with E-state index < -0.39 is 0 Å². The molecule has 1 N–H and O–H groups in total. The zero-order valence-electron chi connectivity index (χ0n) is 10.6. The molecule has 0 aromatic heterocycles. The predicted molar refractivity (Wildman–Crippen MR) is 76.9 cm³/mol. The Bertz CT molecular complexity index is 409. The lowest BCUT2D eigenvalue weighted by molar-refractivity contribution is 0.0850. The number of benzene rings is 1. The number of rotatable bonds is 2. The van der Waals surface area contributed by atoms with E-state index >= 15 is 0 Å². The Kier molecular flexibility index (Phi) is 4.02. The molecule has 3 rings (SSSR count). The van der Waals surface area contributed by atoms with Gasteiger partial charge >= 0.3 is 0 Å². The van der Waals surface area contributed by atoms with Gasteiger partial charge in [-0.15, -0.1) is 0 Å². The molecule has 1 aromatic rings. The first-order chi connectivity index (χ1) is 8.84. The van der Waals surface area contributed by atoms with Gasteiger partial charge in [0.25, 0.3) is 0 Å². The molecular weight excluding hydrogens is 290 g/mol. The lowest BCUT2D eigenvalue weighted by Gasteiger charge is -2.26. The van der Waals surface area contributed by atoms with Crippen molar-refractivity contribution in [2.45, 2.75) is 37.6 Å². The molecule has 3 heteroatoms. The Balaban J connectivity index is 1.91. The Morgan fingerprint density at radius 3 is 2.67 bits per heavy atom. The van der Waals surface area contributed by atoms with Crippen molar-refractivity contribution >= 4 is 15.9 Å². The largest absolute Gasteiger partial charge is 0.381 e. The Labute approximate surface area is 117 Å². The summed E-state index contributed by atoms with van der Waals surface area (Å²) >= 11 is 3.61. The molecule has 2 fully saturated rings. The highest BCUT2D eigenvalue weighted by atomic mass is 79.9. The second-order valence-corrected chi connectivity index (χ2v) is 6.22. The third-order valence-electron chi connectivity index (χ3n) is 4.15. The first-order valence-corrected chi connectivity index (χ1v) is 7.74. The molecule has 0 saturated carbocycles. The van der Waals surface area contributed by atoms with E-state index in [1.807, 2.05) is 0 Å². The summed E-state index contributed by atoms with van der Waals surface area (Å²) in [5, 5.41) is 3.63. The molecule has 18 heavy (non-hydrogen) atoms. The average Bonchev–Trinajstić information content (AvgIpc) is 2.93. The summed E-state index contributed by atoms with van der Waals surface area (Å²) in [5.41, 5.74) is 3.05. The van der Waals surface area contributed by atoms with Gasteiger partial charge in [0.15, 0.2) is 0 Å². The van der Waals surface area contributed by atoms with Crippen LogP contribution in [0.2, 0.25) is 0 Å². The monoisotopic (exact) mass is 309 g/mol. The normalized spacial score (nSPS) is 25.5. The zero-order valence-corrected chi connectivity index (χ0v) is 12.2. The fraction of sp³-hybridized carbons (Fsp3) is 0.600. The third kappa shape index (κ3) is 2.63. The Hall–Kier alpha value is -0.380. The van der Waals surface area contributed by atoms with E-state index in [2.05, 4.69) is 39.4 Å². The molecule has 2 aliphatic rings. The van der Waals surface area contributed by atoms with Crippen molar-refractivity contribution in [1.29, 1.82) is 0 Å². The molecule has 0 radical (unpaired) electrons. The van der Waals surface area contributed by atoms with Crippen LogP contribution in [0.3, 0.4) is 0 Å². The minimum Gasteiger partial charge on any atom is -0.381 e. The summed E-state index contributed by atoms with van der Waals surface area (Å²) in [5.74, 6) is 0.684. The van der Waals surface area contributed by atoms with Crippen LogP contribution in [0.4, 0.5) is 0 Å². The number of hydrogen-bond donors (Lipinski definition) is 1. The van der Waals surface area contributed by atoms with Gasteiger partial charge in [-0.3, -0.25) is 0 Å². The van der Waals surface area contributed by atoms with Crippen LogP contribution in [0.1, 0.15) is 48.8 Å². The highest BCUT2D eigenvalue weighted by molar-refractivity contribution is 9.10. The number of halogens is 1. The van der Waals surface area contributed by atoms with Gasteiger partial charge in [-0.25, -0.2) is 0 Å². The molecule has 0 amide bonds. The fourth-order valence-corrected chi connectivity index (χ4v) is 3.56. The molecule has 2 nitrogen and oxygen atoms in total. The van der Waals surface area contributed by atoms with Gasteiger partial charge in [0, 0.05) is 23.7 Å². The maximum Gasteiger partial charge on any atom is 0.0471 e. The van der Waals surface area contributed by atoms with E-state index in [1.165, 1.54) is 35.7 Å². The van der Waals surface area contributed by atoms with Gasteiger partial charge in [-0.05, 0) is 61.4 Å². The molecule has 2 aliphatic heterocycles. The molecular formula is C15H20BrNO. The molecule has 0 spiro atoms. The summed E-state index contributed by atoms with van der Waals surface area (Å²) in [6.45, 7) is 2.99. The van der Waals surface area contributed by atoms with Crippen molar-refractivity contribution in [3.8, 4) is 0 Å². The Morgan fingerprint density at radius 1 is 1.11 bits per heavy atom. The van der Waals surface area contributed by atoms with Crippen LogP contribution in [-0.4, -0.2) is 19.8 Å². The van der Waals surface area contributed by atoms with Gasteiger partial charge < -0.3 is 10.1 Å². The standard InChI is InChI=1S/C15H20BrNO/c16-12-3-4-13(11-5-8-18-9-6-11)14(10-12)15-2-1-7-17-15/h3-4,10-11,15,17H,1-2,5-9H2/t15-/m0/s1. The second kappa shape index (κ2) is 5.72. The molecule has 1 atom stereocenters. The maximum absolute atomic E-state index is 5.49. The van der Waals surface area contributed by atoms with Gasteiger partial charge in [0.05, 0.1) is 0 Å². The van der Waals surface area contributed by atoms with E-state index in [1.54, 1.807) is 5.56 Å². The minimum absolute atomic E-state index is 0.556. The van der Waals surface area contributed by atoms with E-state index in [0.717, 1.165) is 19.8 Å². The summed E-state index contributed by atoms with van der Waals surface area (Å²) in [6, 6.07) is 7.37. The van der Waals surface area contributed by atoms with Crippen LogP contribution >= 0.6 is 15.9 Å². The summed E-state index contributed by atoms with van der Waals surface area (Å²) < 4.78 is 6.68. The lowest BCUT2D eigenvalue weighted by Crippen LogP contribution is -2.19. The van der Waals surface area contributed by atoms with E-state index in [4.69, 9.17) is 4.74 Å². The average molecular weight is 310 g/mol. The van der Waals surface area contributed by atoms with Crippen LogP contribution in [-0.2, 0) is 4.74 Å². The van der Waals surface area contributed by atoms with Crippen LogP contribution in [0.15, 0.2) is 22.7 Å². The van der Waals surface area contributed by atoms with E-state index in [9.17, 15) is 0 Å². The van der Waals surface area contributed by atoms with Crippen molar-refractivity contribution in [1.82, 2.24) is 5.32 Å². The maximum atomic E-state index is 5.49. The summed E-state index contributed by atoms with van der Waals surface area (Å²) in [6.07, 6.45) is 4.90. The third-order valence-corrected chi connectivity index (χ3v) is 4.64. The van der Waals surface area contributed by atoms with Crippen LogP contribution in [0.25, 0.3) is 0 Å². The number of ether oxygens (including phenoxy) is 1. The highest BCUT2D eigenvalue weighted by Gasteiger charge is 2.24. The first-order valence-electron chi connectivity index (χ1n) is 6.95. The summed E-state index contributed by atoms with van der Waals surface area (Å²) in [4.78, 5) is 0. The summed E-state index contributed by atoms with van der Waals surface area (Å²) in [7, 11) is 0. The predicted octanol–water partition coefficient (Wildman–Crippen LogP) is 3.77. The molecule has 98 valence electrons. The highest BCUT2D eigenvalue weighted by Crippen LogP contribution is 2.36. The molecule has 2 heterocycles. The first kappa shape index (κ1) is 12.6. The van der Waals surface area contributed by atoms with Gasteiger partial charge in [0.1, 0.15) is 0 Å². The molecule has 1 aromatic carbocycles. The SMILES string of the molecule is Brc1ccc(C2CCOCC2)c([C@@H]2CCCN2)c1. The molecule has 0 aliphatic carbocycles. The quantitative estimate of drug-likeness (QED) is 0.898. The van der Waals surface area contributed by atoms with Crippen LogP contribution < -0.4 is 5.32 Å². The molecule has 2 saturated heterocycles. The van der Waals surface area contributed by atoms with Gasteiger partial charge in [0.2, 0.25) is 0 Å². The Morgan fingerprint density at radius 2 is 1.94 bits per heavy atom.